The Bertz CT molecular complexity index is 489. The Labute approximate surface area is 121 Å². The first-order chi connectivity index (χ1) is 8.56. The van der Waals surface area contributed by atoms with Crippen LogP contribution in [0.3, 0.4) is 0 Å². The normalized spacial score (nSPS) is 29.8. The van der Waals surface area contributed by atoms with Crippen molar-refractivity contribution in [1.82, 2.24) is 0 Å². The average Bonchev–Trinajstić information content (AvgIpc) is 2.88. The second-order valence-electron chi connectivity index (χ2n) is 5.39. The van der Waals surface area contributed by atoms with Crippen molar-refractivity contribution in [3.05, 3.63) is 32.8 Å². The minimum atomic E-state index is 0.105. The highest BCUT2D eigenvalue weighted by atomic mass is 35.5. The summed E-state index contributed by atoms with van der Waals surface area (Å²) in [5.74, 6) is 1.48. The van der Waals surface area contributed by atoms with Crippen LogP contribution in [0.2, 0.25) is 15.1 Å². The summed E-state index contributed by atoms with van der Waals surface area (Å²) in [5, 5.41) is 1.22. The number of halogens is 3. The predicted octanol–water partition coefficient (Wildman–Crippen LogP) is 5.27. The molecular formula is C14H13Cl3O. The third-order valence-corrected chi connectivity index (χ3v) is 5.14. The SMILES string of the molecule is O=C(c1c(Cl)cc(Cl)cc1Cl)C1CC2CCC1C2. The molecule has 0 radical (unpaired) electrons. The molecule has 0 spiro atoms. The van der Waals surface area contributed by atoms with E-state index in [2.05, 4.69) is 0 Å². The quantitative estimate of drug-likeness (QED) is 0.681. The second-order valence-corrected chi connectivity index (χ2v) is 6.64. The second kappa shape index (κ2) is 4.70. The molecule has 4 heteroatoms. The molecule has 96 valence electrons. The summed E-state index contributed by atoms with van der Waals surface area (Å²) in [5.41, 5.74) is 0.459. The smallest absolute Gasteiger partial charge is 0.169 e. The maximum atomic E-state index is 12.6. The van der Waals surface area contributed by atoms with E-state index in [1.54, 1.807) is 12.1 Å². The number of hydrogen-bond donors (Lipinski definition) is 0. The van der Waals surface area contributed by atoms with Crippen molar-refractivity contribution in [3.8, 4) is 0 Å². The molecule has 3 rings (SSSR count). The molecule has 0 N–H and O–H groups in total. The molecular weight excluding hydrogens is 291 g/mol. The molecule has 2 saturated carbocycles. The van der Waals surface area contributed by atoms with Gasteiger partial charge in [0.2, 0.25) is 0 Å². The van der Waals surface area contributed by atoms with Gasteiger partial charge in [-0.1, -0.05) is 41.2 Å². The van der Waals surface area contributed by atoms with Crippen molar-refractivity contribution in [1.29, 1.82) is 0 Å². The van der Waals surface area contributed by atoms with Crippen LogP contribution in [0.5, 0.6) is 0 Å². The molecule has 0 saturated heterocycles. The van der Waals surface area contributed by atoms with Gasteiger partial charge in [-0.05, 0) is 43.2 Å². The zero-order valence-electron chi connectivity index (χ0n) is 9.76. The van der Waals surface area contributed by atoms with Gasteiger partial charge in [0, 0.05) is 10.9 Å². The van der Waals surface area contributed by atoms with Gasteiger partial charge in [-0.25, -0.2) is 0 Å². The Morgan fingerprint density at radius 1 is 1.06 bits per heavy atom. The summed E-state index contributed by atoms with van der Waals surface area (Å²) in [6.45, 7) is 0. The highest BCUT2D eigenvalue weighted by Crippen LogP contribution is 2.50. The van der Waals surface area contributed by atoms with Crippen LogP contribution < -0.4 is 0 Å². The van der Waals surface area contributed by atoms with E-state index in [9.17, 15) is 4.79 Å². The van der Waals surface area contributed by atoms with E-state index in [1.807, 2.05) is 0 Å². The topological polar surface area (TPSA) is 17.1 Å². The zero-order valence-corrected chi connectivity index (χ0v) is 12.0. The van der Waals surface area contributed by atoms with Crippen LogP contribution in [0, 0.1) is 17.8 Å². The molecule has 3 unspecified atom stereocenters. The van der Waals surface area contributed by atoms with Crippen molar-refractivity contribution in [3.63, 3.8) is 0 Å². The van der Waals surface area contributed by atoms with Crippen LogP contribution in [0.1, 0.15) is 36.0 Å². The van der Waals surface area contributed by atoms with Gasteiger partial charge in [0.1, 0.15) is 0 Å². The van der Waals surface area contributed by atoms with E-state index < -0.39 is 0 Å². The highest BCUT2D eigenvalue weighted by Gasteiger charge is 2.43. The minimum absolute atomic E-state index is 0.105. The number of rotatable bonds is 2. The molecule has 2 bridgehead atoms. The fraction of sp³-hybridized carbons (Fsp3) is 0.500. The number of carbonyl (C=O) groups is 1. The maximum absolute atomic E-state index is 12.6. The Hall–Kier alpha value is -0.240. The lowest BCUT2D eigenvalue weighted by Crippen LogP contribution is -2.21. The summed E-state index contributed by atoms with van der Waals surface area (Å²) in [6.07, 6.45) is 4.64. The lowest BCUT2D eigenvalue weighted by atomic mass is 9.83. The van der Waals surface area contributed by atoms with Crippen LogP contribution in [-0.2, 0) is 0 Å². The fourth-order valence-corrected chi connectivity index (χ4v) is 4.53. The minimum Gasteiger partial charge on any atom is -0.294 e. The third kappa shape index (κ3) is 2.07. The van der Waals surface area contributed by atoms with Crippen molar-refractivity contribution in [2.75, 3.05) is 0 Å². The van der Waals surface area contributed by atoms with Crippen molar-refractivity contribution >= 4 is 40.6 Å². The molecule has 0 heterocycles. The Morgan fingerprint density at radius 3 is 2.22 bits per heavy atom. The van der Waals surface area contributed by atoms with Gasteiger partial charge in [-0.2, -0.15) is 0 Å². The summed E-state index contributed by atoms with van der Waals surface area (Å²) in [6, 6.07) is 3.19. The number of fused-ring (bicyclic) bond motifs is 2. The monoisotopic (exact) mass is 302 g/mol. The Morgan fingerprint density at radius 2 is 1.72 bits per heavy atom. The van der Waals surface area contributed by atoms with Gasteiger partial charge in [0.15, 0.2) is 5.78 Å². The summed E-state index contributed by atoms with van der Waals surface area (Å²) in [7, 11) is 0. The predicted molar refractivity (Wildman–Crippen MR) is 74.7 cm³/mol. The standard InChI is InChI=1S/C14H13Cl3O/c15-9-5-11(16)13(12(17)6-9)14(18)10-4-7-1-2-8(10)3-7/h5-8,10H,1-4H2. The molecule has 2 aliphatic carbocycles. The third-order valence-electron chi connectivity index (χ3n) is 4.33. The van der Waals surface area contributed by atoms with E-state index in [-0.39, 0.29) is 11.7 Å². The first-order valence-electron chi connectivity index (χ1n) is 6.25. The molecule has 0 aromatic heterocycles. The molecule has 1 aromatic rings. The number of carbonyl (C=O) groups excluding carboxylic acids is 1. The lowest BCUT2D eigenvalue weighted by Gasteiger charge is -2.21. The van der Waals surface area contributed by atoms with E-state index in [0.29, 0.717) is 26.5 Å². The van der Waals surface area contributed by atoms with Crippen molar-refractivity contribution in [2.45, 2.75) is 25.7 Å². The van der Waals surface area contributed by atoms with Crippen molar-refractivity contribution < 1.29 is 4.79 Å². The van der Waals surface area contributed by atoms with E-state index >= 15 is 0 Å². The molecule has 0 aliphatic heterocycles. The van der Waals surface area contributed by atoms with Gasteiger partial charge in [0.05, 0.1) is 15.6 Å². The number of ketones is 1. The van der Waals surface area contributed by atoms with Crippen LogP contribution in [0.15, 0.2) is 12.1 Å². The first kappa shape index (κ1) is 12.8. The largest absolute Gasteiger partial charge is 0.294 e. The summed E-state index contributed by atoms with van der Waals surface area (Å²) >= 11 is 18.1. The lowest BCUT2D eigenvalue weighted by molar-refractivity contribution is 0.0875. The van der Waals surface area contributed by atoms with Crippen LogP contribution >= 0.6 is 34.8 Å². The van der Waals surface area contributed by atoms with Crippen LogP contribution in [0.4, 0.5) is 0 Å². The molecule has 18 heavy (non-hydrogen) atoms. The number of hydrogen-bond acceptors (Lipinski definition) is 1. The fourth-order valence-electron chi connectivity index (χ4n) is 3.53. The number of Topliss-reactive ketones (excluding diaryl/α,β-unsaturated/α-hetero) is 1. The summed E-state index contributed by atoms with van der Waals surface area (Å²) in [4.78, 5) is 12.6. The summed E-state index contributed by atoms with van der Waals surface area (Å²) < 4.78 is 0. The van der Waals surface area contributed by atoms with Gasteiger partial charge >= 0.3 is 0 Å². The van der Waals surface area contributed by atoms with Gasteiger partial charge in [-0.3, -0.25) is 4.79 Å². The molecule has 3 atom stereocenters. The van der Waals surface area contributed by atoms with E-state index in [1.165, 1.54) is 19.3 Å². The molecule has 2 aliphatic rings. The molecule has 2 fully saturated rings. The zero-order chi connectivity index (χ0) is 12.9. The first-order valence-corrected chi connectivity index (χ1v) is 7.38. The molecule has 1 nitrogen and oxygen atoms in total. The van der Waals surface area contributed by atoms with Gasteiger partial charge < -0.3 is 0 Å². The van der Waals surface area contributed by atoms with Gasteiger partial charge in [0.25, 0.3) is 0 Å². The van der Waals surface area contributed by atoms with Crippen LogP contribution in [0.25, 0.3) is 0 Å². The highest BCUT2D eigenvalue weighted by molar-refractivity contribution is 6.42. The average molecular weight is 304 g/mol. The van der Waals surface area contributed by atoms with E-state index in [4.69, 9.17) is 34.8 Å². The van der Waals surface area contributed by atoms with Crippen molar-refractivity contribution in [2.24, 2.45) is 17.8 Å². The number of benzene rings is 1. The van der Waals surface area contributed by atoms with Gasteiger partial charge in [-0.15, -0.1) is 0 Å². The molecule has 0 amide bonds. The molecule has 1 aromatic carbocycles. The maximum Gasteiger partial charge on any atom is 0.169 e. The Balaban J connectivity index is 1.93. The Kier molecular flexibility index (Phi) is 3.34. The van der Waals surface area contributed by atoms with Crippen LogP contribution in [-0.4, -0.2) is 5.78 Å². The van der Waals surface area contributed by atoms with E-state index in [0.717, 1.165) is 12.3 Å².